The highest BCUT2D eigenvalue weighted by Crippen LogP contribution is 1.99. The van der Waals surface area contributed by atoms with E-state index in [0.717, 1.165) is 52.6 Å². The number of unbranched alkanes of at least 4 members (excludes halogenated alkanes) is 1. The van der Waals surface area contributed by atoms with Gasteiger partial charge in [0.05, 0.1) is 26.4 Å². The summed E-state index contributed by atoms with van der Waals surface area (Å²) in [4.78, 5) is 4.93. The quantitative estimate of drug-likeness (QED) is 0.762. The van der Waals surface area contributed by atoms with Crippen LogP contribution in [0.15, 0.2) is 0 Å². The van der Waals surface area contributed by atoms with E-state index in [1.807, 2.05) is 0 Å². The monoisotopic (exact) mass is 272 g/mol. The average Bonchev–Trinajstić information content (AvgIpc) is 2.48. The van der Waals surface area contributed by atoms with Crippen LogP contribution in [0, 0.1) is 0 Å². The molecule has 2 rings (SSSR count). The molecule has 0 aliphatic carbocycles. The Kier molecular flexibility index (Phi) is 10.4. The summed E-state index contributed by atoms with van der Waals surface area (Å²) in [5, 5.41) is 0. The summed E-state index contributed by atoms with van der Waals surface area (Å²) >= 11 is 0. The zero-order valence-electron chi connectivity index (χ0n) is 12.9. The summed E-state index contributed by atoms with van der Waals surface area (Å²) in [7, 11) is 0. The molecule has 0 amide bonds. The SMILES string of the molecule is CCCCN1CCOCC1.CCCN1CCOCC1. The van der Waals surface area contributed by atoms with E-state index in [0.29, 0.717) is 0 Å². The molecule has 0 N–H and O–H groups in total. The van der Waals surface area contributed by atoms with Gasteiger partial charge in [-0.25, -0.2) is 0 Å². The first kappa shape index (κ1) is 16.9. The van der Waals surface area contributed by atoms with Gasteiger partial charge in [-0.1, -0.05) is 20.3 Å². The van der Waals surface area contributed by atoms with Crippen LogP contribution in [0.3, 0.4) is 0 Å². The van der Waals surface area contributed by atoms with Gasteiger partial charge in [-0.05, 0) is 25.9 Å². The molecule has 19 heavy (non-hydrogen) atoms. The second-order valence-electron chi connectivity index (χ2n) is 5.26. The molecular weight excluding hydrogens is 240 g/mol. The molecule has 2 saturated heterocycles. The molecule has 0 aromatic rings. The van der Waals surface area contributed by atoms with E-state index in [9.17, 15) is 0 Å². The van der Waals surface area contributed by atoms with Crippen LogP contribution in [-0.2, 0) is 9.47 Å². The van der Waals surface area contributed by atoms with Crippen molar-refractivity contribution in [3.63, 3.8) is 0 Å². The van der Waals surface area contributed by atoms with Crippen molar-refractivity contribution in [1.82, 2.24) is 9.80 Å². The van der Waals surface area contributed by atoms with Crippen LogP contribution in [0.5, 0.6) is 0 Å². The van der Waals surface area contributed by atoms with Crippen LogP contribution >= 0.6 is 0 Å². The van der Waals surface area contributed by atoms with Crippen molar-refractivity contribution in [3.8, 4) is 0 Å². The lowest BCUT2D eigenvalue weighted by Gasteiger charge is -2.26. The van der Waals surface area contributed by atoms with Gasteiger partial charge >= 0.3 is 0 Å². The summed E-state index contributed by atoms with van der Waals surface area (Å²) in [5.74, 6) is 0. The van der Waals surface area contributed by atoms with E-state index < -0.39 is 0 Å². The van der Waals surface area contributed by atoms with Gasteiger partial charge in [-0.2, -0.15) is 0 Å². The molecule has 0 radical (unpaired) electrons. The van der Waals surface area contributed by atoms with Gasteiger partial charge in [0, 0.05) is 26.2 Å². The highest BCUT2D eigenvalue weighted by Gasteiger charge is 2.08. The zero-order valence-corrected chi connectivity index (χ0v) is 12.9. The van der Waals surface area contributed by atoms with Crippen LogP contribution in [0.2, 0.25) is 0 Å². The van der Waals surface area contributed by atoms with Crippen LogP contribution in [-0.4, -0.2) is 75.5 Å². The fourth-order valence-corrected chi connectivity index (χ4v) is 2.35. The van der Waals surface area contributed by atoms with Crippen molar-refractivity contribution >= 4 is 0 Å². The molecule has 2 aliphatic heterocycles. The van der Waals surface area contributed by atoms with Crippen molar-refractivity contribution in [2.45, 2.75) is 33.1 Å². The standard InChI is InChI=1S/C8H17NO.C7H15NO/c1-2-3-4-9-5-7-10-8-6-9;1-2-3-8-4-6-9-7-5-8/h2-8H2,1H3;2-7H2,1H3. The predicted octanol–water partition coefficient (Wildman–Crippen LogP) is 1.85. The first-order valence-corrected chi connectivity index (χ1v) is 7.97. The Bertz CT molecular complexity index is 188. The van der Waals surface area contributed by atoms with Crippen molar-refractivity contribution in [1.29, 1.82) is 0 Å². The van der Waals surface area contributed by atoms with E-state index in [1.54, 1.807) is 0 Å². The topological polar surface area (TPSA) is 24.9 Å². The average molecular weight is 272 g/mol. The number of hydrogen-bond acceptors (Lipinski definition) is 4. The molecule has 0 aromatic heterocycles. The molecule has 0 aromatic carbocycles. The molecule has 0 saturated carbocycles. The van der Waals surface area contributed by atoms with E-state index in [-0.39, 0.29) is 0 Å². The minimum absolute atomic E-state index is 0.931. The van der Waals surface area contributed by atoms with Crippen LogP contribution in [0.1, 0.15) is 33.1 Å². The fourth-order valence-electron chi connectivity index (χ4n) is 2.35. The maximum absolute atomic E-state index is 5.24. The molecule has 2 fully saturated rings. The summed E-state index contributed by atoms with van der Waals surface area (Å²) in [5.41, 5.74) is 0. The molecule has 0 unspecified atom stereocenters. The van der Waals surface area contributed by atoms with Gasteiger partial charge in [-0.15, -0.1) is 0 Å². The summed E-state index contributed by atoms with van der Waals surface area (Å²) in [6.07, 6.45) is 3.90. The Labute approximate surface area is 119 Å². The third-order valence-corrected chi connectivity index (χ3v) is 3.58. The number of hydrogen-bond donors (Lipinski definition) is 0. The van der Waals surface area contributed by atoms with Crippen molar-refractivity contribution in [2.75, 3.05) is 65.7 Å². The maximum atomic E-state index is 5.24. The van der Waals surface area contributed by atoms with Crippen molar-refractivity contribution < 1.29 is 9.47 Å². The summed E-state index contributed by atoms with van der Waals surface area (Å²) in [6, 6.07) is 0. The molecule has 2 aliphatic rings. The molecule has 4 nitrogen and oxygen atoms in total. The van der Waals surface area contributed by atoms with E-state index in [2.05, 4.69) is 23.6 Å². The molecule has 2 heterocycles. The minimum Gasteiger partial charge on any atom is -0.379 e. The van der Waals surface area contributed by atoms with Gasteiger partial charge in [-0.3, -0.25) is 9.80 Å². The second-order valence-corrected chi connectivity index (χ2v) is 5.26. The lowest BCUT2D eigenvalue weighted by molar-refractivity contribution is 0.0373. The van der Waals surface area contributed by atoms with Crippen LogP contribution in [0.25, 0.3) is 0 Å². The number of ether oxygens (including phenoxy) is 2. The number of nitrogens with zero attached hydrogens (tertiary/aromatic N) is 2. The second kappa shape index (κ2) is 11.6. The van der Waals surface area contributed by atoms with Gasteiger partial charge in [0.1, 0.15) is 0 Å². The summed E-state index contributed by atoms with van der Waals surface area (Å²) < 4.78 is 10.4. The third-order valence-electron chi connectivity index (χ3n) is 3.58. The highest BCUT2D eigenvalue weighted by atomic mass is 16.5. The van der Waals surface area contributed by atoms with Gasteiger partial charge in [0.25, 0.3) is 0 Å². The summed E-state index contributed by atoms with van der Waals surface area (Å²) in [6.45, 7) is 15.2. The lowest BCUT2D eigenvalue weighted by atomic mass is 10.3. The Morgan fingerprint density at radius 2 is 1.16 bits per heavy atom. The third kappa shape index (κ3) is 8.58. The Morgan fingerprint density at radius 3 is 1.58 bits per heavy atom. The van der Waals surface area contributed by atoms with E-state index >= 15 is 0 Å². The Balaban J connectivity index is 0.000000191. The first-order chi connectivity index (χ1) is 9.36. The van der Waals surface area contributed by atoms with E-state index in [1.165, 1.54) is 32.4 Å². The van der Waals surface area contributed by atoms with Crippen LogP contribution in [0.4, 0.5) is 0 Å². The Morgan fingerprint density at radius 1 is 0.684 bits per heavy atom. The predicted molar refractivity (Wildman–Crippen MR) is 79.7 cm³/mol. The zero-order chi connectivity index (χ0) is 13.8. The van der Waals surface area contributed by atoms with Gasteiger partial charge < -0.3 is 9.47 Å². The smallest absolute Gasteiger partial charge is 0.0594 e. The first-order valence-electron chi connectivity index (χ1n) is 7.97. The molecule has 0 atom stereocenters. The number of morpholine rings is 2. The highest BCUT2D eigenvalue weighted by molar-refractivity contribution is 4.61. The number of rotatable bonds is 5. The van der Waals surface area contributed by atoms with Gasteiger partial charge in [0.2, 0.25) is 0 Å². The lowest BCUT2D eigenvalue weighted by Crippen LogP contribution is -2.36. The fraction of sp³-hybridized carbons (Fsp3) is 1.00. The van der Waals surface area contributed by atoms with Crippen LogP contribution < -0.4 is 0 Å². The molecule has 4 heteroatoms. The van der Waals surface area contributed by atoms with Crippen molar-refractivity contribution in [3.05, 3.63) is 0 Å². The maximum Gasteiger partial charge on any atom is 0.0594 e. The normalized spacial score (nSPS) is 21.8. The molecule has 0 bridgehead atoms. The molecular formula is C15H32N2O2. The molecule has 114 valence electrons. The largest absolute Gasteiger partial charge is 0.379 e. The molecule has 0 spiro atoms. The van der Waals surface area contributed by atoms with Gasteiger partial charge in [0.15, 0.2) is 0 Å². The van der Waals surface area contributed by atoms with E-state index in [4.69, 9.17) is 9.47 Å². The van der Waals surface area contributed by atoms with Crippen molar-refractivity contribution in [2.24, 2.45) is 0 Å². The minimum atomic E-state index is 0.931. The Hall–Kier alpha value is -0.160.